The molecule has 3 saturated carbocycles. The molecule has 1 unspecified atom stereocenters. The van der Waals surface area contributed by atoms with Crippen molar-refractivity contribution in [3.05, 3.63) is 11.6 Å². The minimum Gasteiger partial charge on any atom is -0.462 e. The molecule has 2 nitrogen and oxygen atoms in total. The van der Waals surface area contributed by atoms with E-state index in [4.69, 9.17) is 4.74 Å². The van der Waals surface area contributed by atoms with E-state index in [1.54, 1.807) is 12.5 Å². The molecule has 0 amide bonds. The first-order valence-corrected chi connectivity index (χ1v) is 9.81. The van der Waals surface area contributed by atoms with Gasteiger partial charge in [-0.25, -0.2) is 0 Å². The van der Waals surface area contributed by atoms with Gasteiger partial charge in [0, 0.05) is 12.8 Å². The summed E-state index contributed by atoms with van der Waals surface area (Å²) in [7, 11) is 0. The normalized spacial score (nSPS) is 48.7. The number of esters is 1. The van der Waals surface area contributed by atoms with Crippen LogP contribution in [0.4, 0.5) is 0 Å². The predicted molar refractivity (Wildman–Crippen MR) is 91.9 cm³/mol. The van der Waals surface area contributed by atoms with Gasteiger partial charge < -0.3 is 4.74 Å². The van der Waals surface area contributed by atoms with Gasteiger partial charge in [-0.3, -0.25) is 4.79 Å². The van der Waals surface area contributed by atoms with Crippen LogP contribution in [-0.2, 0) is 9.53 Å². The maximum atomic E-state index is 11.6. The number of allylic oxidation sites excluding steroid dienone is 2. The van der Waals surface area contributed by atoms with Gasteiger partial charge in [0.1, 0.15) is 6.10 Å². The van der Waals surface area contributed by atoms with Crippen LogP contribution in [0.15, 0.2) is 11.6 Å². The molecule has 0 heterocycles. The van der Waals surface area contributed by atoms with Crippen LogP contribution in [0.3, 0.4) is 0 Å². The van der Waals surface area contributed by atoms with Gasteiger partial charge in [0.2, 0.25) is 0 Å². The Morgan fingerprint density at radius 3 is 2.74 bits per heavy atom. The monoisotopic (exact) mass is 316 g/mol. The molecule has 0 saturated heterocycles. The Labute approximate surface area is 141 Å². The highest BCUT2D eigenvalue weighted by molar-refractivity contribution is 5.66. The highest BCUT2D eigenvalue weighted by Gasteiger charge is 2.59. The fourth-order valence-corrected chi connectivity index (χ4v) is 7.09. The summed E-state index contributed by atoms with van der Waals surface area (Å²) in [5.41, 5.74) is 2.61. The van der Waals surface area contributed by atoms with Crippen molar-refractivity contribution in [3.8, 4) is 0 Å². The van der Waals surface area contributed by atoms with E-state index in [1.165, 1.54) is 51.4 Å². The molecule has 23 heavy (non-hydrogen) atoms. The van der Waals surface area contributed by atoms with Gasteiger partial charge in [0.15, 0.2) is 0 Å². The molecule has 0 spiro atoms. The minimum atomic E-state index is -0.0818. The van der Waals surface area contributed by atoms with Crippen LogP contribution in [0.1, 0.15) is 78.6 Å². The number of fused-ring (bicyclic) bond motifs is 5. The van der Waals surface area contributed by atoms with Crippen molar-refractivity contribution in [2.24, 2.45) is 28.6 Å². The minimum absolute atomic E-state index is 0.0818. The summed E-state index contributed by atoms with van der Waals surface area (Å²) >= 11 is 0. The second-order valence-electron chi connectivity index (χ2n) is 9.25. The fraction of sp³-hybridized carbons (Fsp3) is 0.857. The molecule has 0 N–H and O–H groups in total. The van der Waals surface area contributed by atoms with Crippen molar-refractivity contribution in [1.82, 2.24) is 0 Å². The number of hydrogen-bond acceptors (Lipinski definition) is 2. The average molecular weight is 316 g/mol. The molecule has 0 aromatic rings. The van der Waals surface area contributed by atoms with Crippen molar-refractivity contribution in [3.63, 3.8) is 0 Å². The van der Waals surface area contributed by atoms with Gasteiger partial charge in [-0.15, -0.1) is 0 Å². The Kier molecular flexibility index (Phi) is 3.66. The van der Waals surface area contributed by atoms with Crippen molar-refractivity contribution >= 4 is 5.97 Å². The van der Waals surface area contributed by atoms with Crippen LogP contribution in [0.25, 0.3) is 0 Å². The molecular formula is C21H32O2. The zero-order valence-corrected chi connectivity index (χ0v) is 15.1. The average Bonchev–Trinajstić information content (AvgIpc) is 2.83. The van der Waals surface area contributed by atoms with Gasteiger partial charge in [0.05, 0.1) is 0 Å². The molecule has 0 aromatic carbocycles. The lowest BCUT2D eigenvalue weighted by molar-refractivity contribution is -0.154. The third kappa shape index (κ3) is 2.31. The van der Waals surface area contributed by atoms with Crippen molar-refractivity contribution in [2.45, 2.75) is 84.7 Å². The molecule has 3 fully saturated rings. The standard InChI is InChI=1S/C21H32O2/c1-14(22)23-18-10-13-20(2)12-9-17-16(19(18)20)8-7-15-6-4-5-11-21(15,17)3/h6,16-19H,4-5,7-13H2,1-3H3/t16-,17+,18?,19-,20-,21+/m1/s1. The zero-order valence-electron chi connectivity index (χ0n) is 15.1. The maximum Gasteiger partial charge on any atom is 0.302 e. The van der Waals surface area contributed by atoms with E-state index in [-0.39, 0.29) is 12.1 Å². The van der Waals surface area contributed by atoms with E-state index in [1.807, 2.05) is 0 Å². The van der Waals surface area contributed by atoms with E-state index < -0.39 is 0 Å². The van der Waals surface area contributed by atoms with E-state index >= 15 is 0 Å². The van der Waals surface area contributed by atoms with Crippen LogP contribution < -0.4 is 0 Å². The molecule has 0 radical (unpaired) electrons. The second-order valence-corrected chi connectivity index (χ2v) is 9.25. The van der Waals surface area contributed by atoms with Crippen LogP contribution in [0.5, 0.6) is 0 Å². The topological polar surface area (TPSA) is 26.3 Å². The first kappa shape index (κ1) is 15.7. The fourth-order valence-electron chi connectivity index (χ4n) is 7.09. The number of hydrogen-bond donors (Lipinski definition) is 0. The summed E-state index contributed by atoms with van der Waals surface area (Å²) in [5.74, 6) is 2.10. The maximum absolute atomic E-state index is 11.6. The third-order valence-electron chi connectivity index (χ3n) is 8.12. The highest BCUT2D eigenvalue weighted by atomic mass is 16.5. The summed E-state index contributed by atoms with van der Waals surface area (Å²) in [6.45, 7) is 6.61. The first-order valence-electron chi connectivity index (χ1n) is 9.81. The number of ether oxygens (including phenoxy) is 1. The number of rotatable bonds is 1. The summed E-state index contributed by atoms with van der Waals surface area (Å²) < 4.78 is 5.81. The third-order valence-corrected chi connectivity index (χ3v) is 8.12. The molecule has 4 rings (SSSR count). The van der Waals surface area contributed by atoms with E-state index in [0.717, 1.165) is 18.3 Å². The van der Waals surface area contributed by atoms with Gasteiger partial charge in [-0.05, 0) is 80.5 Å². The van der Waals surface area contributed by atoms with Gasteiger partial charge >= 0.3 is 5.97 Å². The Bertz CT molecular complexity index is 536. The molecular weight excluding hydrogens is 284 g/mol. The number of carbonyl (C=O) groups excluding carboxylic acids is 1. The Morgan fingerprint density at radius 1 is 1.17 bits per heavy atom. The van der Waals surface area contributed by atoms with Crippen LogP contribution in [-0.4, -0.2) is 12.1 Å². The summed E-state index contributed by atoms with van der Waals surface area (Å²) in [5, 5.41) is 0. The lowest BCUT2D eigenvalue weighted by atomic mass is 9.47. The lowest BCUT2D eigenvalue weighted by Gasteiger charge is -2.58. The molecule has 4 aliphatic rings. The molecule has 2 heteroatoms. The van der Waals surface area contributed by atoms with Gasteiger partial charge in [-0.1, -0.05) is 25.5 Å². The van der Waals surface area contributed by atoms with Crippen molar-refractivity contribution < 1.29 is 9.53 Å². The van der Waals surface area contributed by atoms with Crippen LogP contribution in [0.2, 0.25) is 0 Å². The van der Waals surface area contributed by atoms with E-state index in [9.17, 15) is 4.79 Å². The molecule has 6 atom stereocenters. The largest absolute Gasteiger partial charge is 0.462 e. The summed E-state index contributed by atoms with van der Waals surface area (Å²) in [4.78, 5) is 11.6. The quantitative estimate of drug-likeness (QED) is 0.486. The Morgan fingerprint density at radius 2 is 1.96 bits per heavy atom. The van der Waals surface area contributed by atoms with Gasteiger partial charge in [-0.2, -0.15) is 0 Å². The molecule has 0 aromatic heterocycles. The Balaban J connectivity index is 1.66. The van der Waals surface area contributed by atoms with E-state index in [0.29, 0.717) is 16.7 Å². The molecule has 4 aliphatic carbocycles. The summed E-state index contributed by atoms with van der Waals surface area (Å²) in [6.07, 6.45) is 14.4. The van der Waals surface area contributed by atoms with Crippen LogP contribution in [0, 0.1) is 28.6 Å². The Hall–Kier alpha value is -0.790. The number of carbonyl (C=O) groups is 1. The van der Waals surface area contributed by atoms with Crippen LogP contribution >= 0.6 is 0 Å². The van der Waals surface area contributed by atoms with E-state index in [2.05, 4.69) is 19.9 Å². The smallest absolute Gasteiger partial charge is 0.302 e. The van der Waals surface area contributed by atoms with Crippen molar-refractivity contribution in [1.29, 1.82) is 0 Å². The zero-order chi connectivity index (χ0) is 16.2. The predicted octanol–water partition coefficient (Wildman–Crippen LogP) is 5.27. The second kappa shape index (κ2) is 5.36. The van der Waals surface area contributed by atoms with Crippen molar-refractivity contribution in [2.75, 3.05) is 0 Å². The van der Waals surface area contributed by atoms with Gasteiger partial charge in [0.25, 0.3) is 0 Å². The SMILES string of the molecule is CC(=O)OC1CC[C@@]2(C)CC[C@H]3[C@@H](CCC4=CCCC[C@@]43C)[C@H]12. The molecule has 0 aliphatic heterocycles. The highest BCUT2D eigenvalue weighted by Crippen LogP contribution is 2.65. The lowest BCUT2D eigenvalue weighted by Crippen LogP contribution is -2.51. The summed E-state index contributed by atoms with van der Waals surface area (Å²) in [6, 6.07) is 0. The molecule has 128 valence electrons. The molecule has 0 bridgehead atoms. The first-order chi connectivity index (χ1) is 10.9.